The first kappa shape index (κ1) is 15.9. The number of hydrogen-bond acceptors (Lipinski definition) is 6. The van der Waals surface area contributed by atoms with Crippen LogP contribution < -0.4 is 16.2 Å². The van der Waals surface area contributed by atoms with Crippen LogP contribution in [-0.4, -0.2) is 28.3 Å². The van der Waals surface area contributed by atoms with E-state index in [1.54, 1.807) is 30.3 Å². The van der Waals surface area contributed by atoms with E-state index in [9.17, 15) is 19.7 Å². The smallest absolute Gasteiger partial charge is 0.287 e. The molecule has 1 aromatic carbocycles. The summed E-state index contributed by atoms with van der Waals surface area (Å²) in [6, 6.07) is 11.1. The zero-order valence-electron chi connectivity index (χ0n) is 11.9. The normalized spacial score (nSPS) is 9.74. The Morgan fingerprint density at radius 3 is 2.48 bits per heavy atom. The quantitative estimate of drug-likeness (QED) is 0.536. The van der Waals surface area contributed by atoms with Gasteiger partial charge < -0.3 is 5.32 Å². The number of carbonyl (C=O) groups excluding carboxylic acids is 2. The first-order valence-corrected chi connectivity index (χ1v) is 6.55. The van der Waals surface area contributed by atoms with Crippen LogP contribution in [0.1, 0.15) is 10.4 Å². The van der Waals surface area contributed by atoms with Gasteiger partial charge in [0, 0.05) is 11.6 Å². The lowest BCUT2D eigenvalue weighted by Crippen LogP contribution is -2.39. The molecule has 2 aromatic rings. The molecule has 2 rings (SSSR count). The highest BCUT2D eigenvalue weighted by Gasteiger charge is 2.08. The molecule has 2 amide bonds. The number of nitrogens with zero attached hydrogens (tertiary/aromatic N) is 2. The summed E-state index contributed by atoms with van der Waals surface area (Å²) in [6.45, 7) is -0.228. The maximum Gasteiger partial charge on any atom is 0.287 e. The van der Waals surface area contributed by atoms with Crippen molar-refractivity contribution < 1.29 is 14.5 Å². The van der Waals surface area contributed by atoms with E-state index < -0.39 is 10.8 Å². The number of pyridine rings is 1. The summed E-state index contributed by atoms with van der Waals surface area (Å²) >= 11 is 0. The number of amides is 2. The first-order chi connectivity index (χ1) is 11.1. The Balaban J connectivity index is 1.77. The van der Waals surface area contributed by atoms with Gasteiger partial charge in [0.2, 0.25) is 0 Å². The van der Waals surface area contributed by atoms with Gasteiger partial charge in [-0.15, -0.1) is 0 Å². The number of benzene rings is 1. The predicted molar refractivity (Wildman–Crippen MR) is 81.4 cm³/mol. The van der Waals surface area contributed by atoms with Crippen molar-refractivity contribution in [3.63, 3.8) is 0 Å². The fraction of sp³-hybridized carbons (Fsp3) is 0.0714. The lowest BCUT2D eigenvalue weighted by molar-refractivity contribution is -0.385. The molecule has 9 nitrogen and oxygen atoms in total. The van der Waals surface area contributed by atoms with E-state index in [4.69, 9.17) is 0 Å². The Labute approximate surface area is 130 Å². The molecule has 0 bridgehead atoms. The van der Waals surface area contributed by atoms with E-state index in [1.165, 1.54) is 12.1 Å². The highest BCUT2D eigenvalue weighted by atomic mass is 16.6. The van der Waals surface area contributed by atoms with Crippen LogP contribution in [0.25, 0.3) is 0 Å². The number of nitro groups is 1. The van der Waals surface area contributed by atoms with Crippen LogP contribution in [0.5, 0.6) is 0 Å². The molecule has 3 N–H and O–H groups in total. The zero-order chi connectivity index (χ0) is 16.7. The maximum absolute atomic E-state index is 11.7. The molecular formula is C14H13N5O4. The minimum Gasteiger partial charge on any atom is -0.343 e. The van der Waals surface area contributed by atoms with E-state index in [0.29, 0.717) is 5.56 Å². The minimum atomic E-state index is -0.575. The Morgan fingerprint density at radius 1 is 1.13 bits per heavy atom. The average molecular weight is 315 g/mol. The second-order valence-electron chi connectivity index (χ2n) is 4.38. The molecule has 118 valence electrons. The number of anilines is 1. The lowest BCUT2D eigenvalue weighted by atomic mass is 10.2. The molecular weight excluding hydrogens is 302 g/mol. The summed E-state index contributed by atoms with van der Waals surface area (Å²) in [5, 5.41) is 12.9. The maximum atomic E-state index is 11.7. The van der Waals surface area contributed by atoms with Gasteiger partial charge in [0.05, 0.1) is 11.5 Å². The molecule has 0 aliphatic rings. The summed E-state index contributed by atoms with van der Waals surface area (Å²) in [5.74, 6) is -0.623. The van der Waals surface area contributed by atoms with Crippen molar-refractivity contribution in [2.75, 3.05) is 12.0 Å². The molecule has 9 heteroatoms. The van der Waals surface area contributed by atoms with E-state index in [-0.39, 0.29) is 24.0 Å². The Kier molecular flexibility index (Phi) is 5.18. The third-order valence-corrected chi connectivity index (χ3v) is 2.73. The summed E-state index contributed by atoms with van der Waals surface area (Å²) in [7, 11) is 0. The molecule has 0 atom stereocenters. The number of carbonyl (C=O) groups is 2. The Morgan fingerprint density at radius 2 is 1.87 bits per heavy atom. The van der Waals surface area contributed by atoms with E-state index >= 15 is 0 Å². The van der Waals surface area contributed by atoms with Crippen molar-refractivity contribution in [3.8, 4) is 0 Å². The summed E-state index contributed by atoms with van der Waals surface area (Å²) in [5.41, 5.74) is 5.10. The van der Waals surface area contributed by atoms with Crippen LogP contribution in [0.2, 0.25) is 0 Å². The Bertz CT molecular complexity index is 703. The summed E-state index contributed by atoms with van der Waals surface area (Å²) in [4.78, 5) is 37.0. The fourth-order valence-corrected chi connectivity index (χ4v) is 1.60. The van der Waals surface area contributed by atoms with Gasteiger partial charge >= 0.3 is 0 Å². The van der Waals surface area contributed by atoms with Gasteiger partial charge in [-0.2, -0.15) is 0 Å². The standard InChI is InChI=1S/C14H13N5O4/c20-13(9-16-14(21)10-4-2-1-3-5-10)18-17-12-7-6-11(8-15-12)19(22)23/h1-8H,9H2,(H,15,17)(H,16,21)(H,18,20). The number of hydrogen-bond donors (Lipinski definition) is 3. The molecule has 1 aromatic heterocycles. The van der Waals surface area contributed by atoms with Crippen LogP contribution in [0.3, 0.4) is 0 Å². The van der Waals surface area contributed by atoms with Crippen LogP contribution >= 0.6 is 0 Å². The summed E-state index contributed by atoms with van der Waals surface area (Å²) in [6.07, 6.45) is 1.06. The van der Waals surface area contributed by atoms with Crippen molar-refractivity contribution in [2.24, 2.45) is 0 Å². The molecule has 0 aliphatic carbocycles. The van der Waals surface area contributed by atoms with E-state index in [2.05, 4.69) is 21.2 Å². The third-order valence-electron chi connectivity index (χ3n) is 2.73. The van der Waals surface area contributed by atoms with Gasteiger partial charge in [-0.25, -0.2) is 4.98 Å². The van der Waals surface area contributed by atoms with Crippen molar-refractivity contribution in [3.05, 3.63) is 64.3 Å². The number of hydrazine groups is 1. The molecule has 0 aliphatic heterocycles. The minimum absolute atomic E-state index is 0.156. The zero-order valence-corrected chi connectivity index (χ0v) is 11.9. The monoisotopic (exact) mass is 315 g/mol. The second-order valence-corrected chi connectivity index (χ2v) is 4.38. The number of rotatable bonds is 6. The lowest BCUT2D eigenvalue weighted by Gasteiger charge is -2.08. The predicted octanol–water partition coefficient (Wildman–Crippen LogP) is 0.863. The topological polar surface area (TPSA) is 126 Å². The first-order valence-electron chi connectivity index (χ1n) is 6.55. The van der Waals surface area contributed by atoms with E-state index in [0.717, 1.165) is 6.20 Å². The molecule has 0 saturated heterocycles. The highest BCUT2D eigenvalue weighted by Crippen LogP contribution is 2.10. The van der Waals surface area contributed by atoms with Crippen molar-refractivity contribution in [1.82, 2.24) is 15.7 Å². The van der Waals surface area contributed by atoms with Gasteiger partial charge in [-0.1, -0.05) is 18.2 Å². The van der Waals surface area contributed by atoms with Crippen LogP contribution in [0.15, 0.2) is 48.7 Å². The molecule has 0 saturated carbocycles. The van der Waals surface area contributed by atoms with Crippen molar-refractivity contribution in [2.45, 2.75) is 0 Å². The third kappa shape index (κ3) is 4.77. The van der Waals surface area contributed by atoms with Gasteiger partial charge in [0.15, 0.2) is 0 Å². The molecule has 0 fully saturated rings. The number of nitrogens with one attached hydrogen (secondary N) is 3. The van der Waals surface area contributed by atoms with Crippen molar-refractivity contribution in [1.29, 1.82) is 0 Å². The SMILES string of the molecule is O=C(CNC(=O)c1ccccc1)NNc1ccc([N+](=O)[O-])cn1. The molecule has 0 radical (unpaired) electrons. The van der Waals surface area contributed by atoms with Crippen LogP contribution in [-0.2, 0) is 4.79 Å². The average Bonchev–Trinajstić information content (AvgIpc) is 2.59. The largest absolute Gasteiger partial charge is 0.343 e. The molecule has 23 heavy (non-hydrogen) atoms. The van der Waals surface area contributed by atoms with Crippen LogP contribution in [0, 0.1) is 10.1 Å². The van der Waals surface area contributed by atoms with Gasteiger partial charge in [-0.05, 0) is 18.2 Å². The molecule has 1 heterocycles. The van der Waals surface area contributed by atoms with Gasteiger partial charge in [0.1, 0.15) is 12.0 Å². The van der Waals surface area contributed by atoms with Gasteiger partial charge in [-0.3, -0.25) is 30.6 Å². The summed E-state index contributed by atoms with van der Waals surface area (Å²) < 4.78 is 0. The van der Waals surface area contributed by atoms with E-state index in [1.807, 2.05) is 0 Å². The second kappa shape index (κ2) is 7.50. The molecule has 0 unspecified atom stereocenters. The van der Waals surface area contributed by atoms with Gasteiger partial charge in [0.25, 0.3) is 17.5 Å². The Hall–Kier alpha value is -3.49. The molecule has 0 spiro atoms. The van der Waals surface area contributed by atoms with Crippen LogP contribution in [0.4, 0.5) is 11.5 Å². The fourth-order valence-electron chi connectivity index (χ4n) is 1.60. The number of aromatic nitrogens is 1. The highest BCUT2D eigenvalue weighted by molar-refractivity contribution is 5.96. The van der Waals surface area contributed by atoms with Crippen molar-refractivity contribution >= 4 is 23.3 Å².